The fourth-order valence-electron chi connectivity index (χ4n) is 3.24. The minimum Gasteiger partial charge on any atom is -0.454 e. The molecule has 0 spiro atoms. The molecule has 6 nitrogen and oxygen atoms in total. The van der Waals surface area contributed by atoms with Gasteiger partial charge in [0.15, 0.2) is 0 Å². The molecule has 0 aromatic heterocycles. The van der Waals surface area contributed by atoms with Gasteiger partial charge >= 0.3 is 0 Å². The minimum absolute atomic E-state index is 0.150. The second-order valence-electron chi connectivity index (χ2n) is 6.73. The number of carbonyl (C=O) groups is 1. The molecule has 0 aliphatic carbocycles. The molecule has 0 atom stereocenters. The van der Waals surface area contributed by atoms with Gasteiger partial charge in [0.2, 0.25) is 0 Å². The van der Waals surface area contributed by atoms with Crippen molar-refractivity contribution in [3.63, 3.8) is 0 Å². The predicted octanol–water partition coefficient (Wildman–Crippen LogP) is 3.16. The number of nitrogens with zero attached hydrogens (tertiary/aromatic N) is 2. The third kappa shape index (κ3) is 5.02. The smallest absolute Gasteiger partial charge is 0.251 e. The number of halogens is 1. The largest absolute Gasteiger partial charge is 0.454 e. The first-order valence-electron chi connectivity index (χ1n) is 9.30. The van der Waals surface area contributed by atoms with Crippen molar-refractivity contribution in [3.8, 4) is 17.6 Å². The van der Waals surface area contributed by atoms with Crippen LogP contribution in [0, 0.1) is 11.3 Å². The van der Waals surface area contributed by atoms with Gasteiger partial charge in [-0.1, -0.05) is 23.7 Å². The maximum atomic E-state index is 12.6. The summed E-state index contributed by atoms with van der Waals surface area (Å²) in [6, 6.07) is 14.1. The van der Waals surface area contributed by atoms with Crippen LogP contribution >= 0.6 is 11.6 Å². The van der Waals surface area contributed by atoms with Crippen LogP contribution in [0.3, 0.4) is 0 Å². The SMILES string of the molecule is N#Cc1ccccc1Oc1ccc(C(=O)NC2CCN(CCN)CC2)cc1Cl. The number of nitrogens with two attached hydrogens (primary N) is 1. The Morgan fingerprint density at radius 1 is 1.25 bits per heavy atom. The van der Waals surface area contributed by atoms with Crippen molar-refractivity contribution < 1.29 is 9.53 Å². The van der Waals surface area contributed by atoms with E-state index in [0.29, 0.717) is 34.2 Å². The van der Waals surface area contributed by atoms with E-state index in [2.05, 4.69) is 16.3 Å². The number of rotatable bonds is 6. The van der Waals surface area contributed by atoms with Gasteiger partial charge in [-0.25, -0.2) is 0 Å². The lowest BCUT2D eigenvalue weighted by Gasteiger charge is -2.32. The second kappa shape index (κ2) is 9.56. The molecule has 3 N–H and O–H groups in total. The van der Waals surface area contributed by atoms with Gasteiger partial charge in [0.1, 0.15) is 17.6 Å². The first-order chi connectivity index (χ1) is 13.6. The van der Waals surface area contributed by atoms with Crippen molar-refractivity contribution in [3.05, 3.63) is 58.6 Å². The molecule has 1 heterocycles. The zero-order valence-electron chi connectivity index (χ0n) is 15.5. The average molecular weight is 399 g/mol. The fourth-order valence-corrected chi connectivity index (χ4v) is 3.46. The van der Waals surface area contributed by atoms with Gasteiger partial charge in [-0.05, 0) is 43.2 Å². The number of nitrogens with one attached hydrogen (secondary N) is 1. The molecule has 1 aliphatic rings. The molecular weight excluding hydrogens is 376 g/mol. The lowest BCUT2D eigenvalue weighted by atomic mass is 10.0. The highest BCUT2D eigenvalue weighted by Gasteiger charge is 2.21. The number of hydrogen-bond donors (Lipinski definition) is 2. The van der Waals surface area contributed by atoms with Crippen LogP contribution in [0.4, 0.5) is 0 Å². The van der Waals surface area contributed by atoms with E-state index in [1.807, 2.05) is 0 Å². The third-order valence-corrected chi connectivity index (χ3v) is 5.08. The zero-order valence-corrected chi connectivity index (χ0v) is 16.3. The van der Waals surface area contributed by atoms with Crippen LogP contribution < -0.4 is 15.8 Å². The molecule has 2 aromatic rings. The Bertz CT molecular complexity index is 873. The lowest BCUT2D eigenvalue weighted by Crippen LogP contribution is -2.45. The normalized spacial score (nSPS) is 15.0. The van der Waals surface area contributed by atoms with Gasteiger partial charge in [-0.15, -0.1) is 0 Å². The first kappa shape index (κ1) is 20.2. The Kier molecular flexibility index (Phi) is 6.88. The number of likely N-dealkylation sites (tertiary alicyclic amines) is 1. The van der Waals surface area contributed by atoms with Gasteiger partial charge in [-0.2, -0.15) is 5.26 Å². The molecule has 1 fully saturated rings. The molecular formula is C21H23ClN4O2. The highest BCUT2D eigenvalue weighted by Crippen LogP contribution is 2.31. The molecule has 1 aliphatic heterocycles. The van der Waals surface area contributed by atoms with Crippen molar-refractivity contribution in [2.45, 2.75) is 18.9 Å². The van der Waals surface area contributed by atoms with E-state index in [-0.39, 0.29) is 11.9 Å². The second-order valence-corrected chi connectivity index (χ2v) is 7.14. The van der Waals surface area contributed by atoms with Crippen molar-refractivity contribution in [1.82, 2.24) is 10.2 Å². The fraction of sp³-hybridized carbons (Fsp3) is 0.333. The van der Waals surface area contributed by atoms with Gasteiger partial charge in [-0.3, -0.25) is 4.79 Å². The van der Waals surface area contributed by atoms with Crippen LogP contribution in [0.15, 0.2) is 42.5 Å². The Morgan fingerprint density at radius 2 is 2.00 bits per heavy atom. The summed E-state index contributed by atoms with van der Waals surface area (Å²) in [7, 11) is 0. The number of para-hydroxylation sites is 1. The van der Waals surface area contributed by atoms with Crippen LogP contribution in [0.2, 0.25) is 5.02 Å². The Balaban J connectivity index is 1.62. The van der Waals surface area contributed by atoms with E-state index in [9.17, 15) is 4.79 Å². The Labute approximate surface area is 169 Å². The molecule has 2 aromatic carbocycles. The molecule has 28 heavy (non-hydrogen) atoms. The molecule has 0 unspecified atom stereocenters. The molecule has 0 saturated carbocycles. The number of amides is 1. The topological polar surface area (TPSA) is 91.4 Å². The summed E-state index contributed by atoms with van der Waals surface area (Å²) in [4.78, 5) is 14.9. The number of hydrogen-bond acceptors (Lipinski definition) is 5. The number of benzene rings is 2. The van der Waals surface area contributed by atoms with Crippen LogP contribution in [0.1, 0.15) is 28.8 Å². The Hall–Kier alpha value is -2.59. The predicted molar refractivity (Wildman–Crippen MR) is 109 cm³/mol. The first-order valence-corrected chi connectivity index (χ1v) is 9.68. The van der Waals surface area contributed by atoms with E-state index in [0.717, 1.165) is 32.5 Å². The molecule has 3 rings (SSSR count). The maximum Gasteiger partial charge on any atom is 0.251 e. The summed E-state index contributed by atoms with van der Waals surface area (Å²) in [6.07, 6.45) is 1.82. The minimum atomic E-state index is -0.150. The molecule has 7 heteroatoms. The summed E-state index contributed by atoms with van der Waals surface area (Å²) in [5.41, 5.74) is 6.49. The van der Waals surface area contributed by atoms with Gasteiger partial charge in [0, 0.05) is 37.8 Å². The molecule has 0 bridgehead atoms. The maximum absolute atomic E-state index is 12.6. The third-order valence-electron chi connectivity index (χ3n) is 4.79. The average Bonchev–Trinajstić information content (AvgIpc) is 2.71. The molecule has 1 amide bonds. The van der Waals surface area contributed by atoms with Crippen LogP contribution in [-0.2, 0) is 0 Å². The summed E-state index contributed by atoms with van der Waals surface area (Å²) >= 11 is 6.31. The van der Waals surface area contributed by atoms with E-state index in [1.54, 1.807) is 42.5 Å². The van der Waals surface area contributed by atoms with Gasteiger partial charge in [0.25, 0.3) is 5.91 Å². The van der Waals surface area contributed by atoms with Crippen molar-refractivity contribution in [2.24, 2.45) is 5.73 Å². The highest BCUT2D eigenvalue weighted by molar-refractivity contribution is 6.32. The number of nitriles is 1. The van der Waals surface area contributed by atoms with E-state index in [1.165, 1.54) is 0 Å². The van der Waals surface area contributed by atoms with E-state index in [4.69, 9.17) is 27.3 Å². The summed E-state index contributed by atoms with van der Waals surface area (Å²) in [5, 5.41) is 12.6. The zero-order chi connectivity index (χ0) is 19.9. The number of piperidine rings is 1. The van der Waals surface area contributed by atoms with Crippen molar-refractivity contribution in [2.75, 3.05) is 26.2 Å². The summed E-state index contributed by atoms with van der Waals surface area (Å²) < 4.78 is 5.75. The number of ether oxygens (including phenoxy) is 1. The van der Waals surface area contributed by atoms with Gasteiger partial charge < -0.3 is 20.7 Å². The summed E-state index contributed by atoms with van der Waals surface area (Å²) in [5.74, 6) is 0.674. The molecule has 146 valence electrons. The quantitative estimate of drug-likeness (QED) is 0.779. The Morgan fingerprint density at radius 3 is 2.68 bits per heavy atom. The van der Waals surface area contributed by atoms with Crippen molar-refractivity contribution >= 4 is 17.5 Å². The molecule has 0 radical (unpaired) electrons. The van der Waals surface area contributed by atoms with E-state index < -0.39 is 0 Å². The van der Waals surface area contributed by atoms with Crippen LogP contribution in [-0.4, -0.2) is 43.0 Å². The van der Waals surface area contributed by atoms with Crippen LogP contribution in [0.5, 0.6) is 11.5 Å². The number of carbonyl (C=O) groups excluding carboxylic acids is 1. The van der Waals surface area contributed by atoms with Gasteiger partial charge in [0.05, 0.1) is 10.6 Å². The molecule has 1 saturated heterocycles. The van der Waals surface area contributed by atoms with Crippen LogP contribution in [0.25, 0.3) is 0 Å². The summed E-state index contributed by atoms with van der Waals surface area (Å²) in [6.45, 7) is 3.43. The van der Waals surface area contributed by atoms with E-state index >= 15 is 0 Å². The highest BCUT2D eigenvalue weighted by atomic mass is 35.5. The lowest BCUT2D eigenvalue weighted by molar-refractivity contribution is 0.0912. The van der Waals surface area contributed by atoms with Crippen molar-refractivity contribution in [1.29, 1.82) is 5.26 Å². The standard InChI is InChI=1S/C21H23ClN4O2/c22-18-13-15(21(27)25-17-7-10-26(11-8-17)12-9-23)5-6-20(18)28-19-4-2-1-3-16(19)14-24/h1-6,13,17H,7-12,23H2,(H,25,27). The monoisotopic (exact) mass is 398 g/mol.